The molecular formula is C25H22ClN2O4+. The van der Waals surface area contributed by atoms with Gasteiger partial charge in [-0.2, -0.15) is 0 Å². The third-order valence-corrected chi connectivity index (χ3v) is 5.61. The van der Waals surface area contributed by atoms with Crippen LogP contribution in [0.1, 0.15) is 27.5 Å². The standard InChI is InChI=1S/C25H21ClN2O4/c1-31-16-11-9-15(10-12-16)25(30)28-22(18-6-3-4-8-21(18)32-2)19-14-20(26)17-7-5-13-27-23(17)24(19)29/h3-14,22,29H,1-2H3,(H,28,30)/p+1. The second-order valence-corrected chi connectivity index (χ2v) is 7.54. The molecule has 1 heterocycles. The molecule has 0 radical (unpaired) electrons. The number of para-hydroxylation sites is 1. The van der Waals surface area contributed by atoms with E-state index in [-0.39, 0.29) is 11.7 Å². The summed E-state index contributed by atoms with van der Waals surface area (Å²) >= 11 is 6.54. The van der Waals surface area contributed by atoms with Crippen LogP contribution < -0.4 is 19.8 Å². The predicted octanol–water partition coefficient (Wildman–Crippen LogP) is 4.55. The molecule has 0 aliphatic carbocycles. The van der Waals surface area contributed by atoms with Gasteiger partial charge in [0.1, 0.15) is 11.5 Å². The number of aromatic nitrogens is 1. The summed E-state index contributed by atoms with van der Waals surface area (Å²) in [5.74, 6) is 0.893. The van der Waals surface area contributed by atoms with Crippen LogP contribution in [0.2, 0.25) is 5.02 Å². The van der Waals surface area contributed by atoms with Gasteiger partial charge in [0.15, 0.2) is 11.9 Å². The third-order valence-electron chi connectivity index (χ3n) is 5.29. The van der Waals surface area contributed by atoms with E-state index in [9.17, 15) is 9.90 Å². The lowest BCUT2D eigenvalue weighted by Crippen LogP contribution is -2.30. The van der Waals surface area contributed by atoms with E-state index in [1.807, 2.05) is 24.3 Å². The van der Waals surface area contributed by atoms with E-state index in [1.54, 1.807) is 62.9 Å². The first-order valence-corrected chi connectivity index (χ1v) is 10.3. The van der Waals surface area contributed by atoms with Crippen molar-refractivity contribution in [2.75, 3.05) is 14.2 Å². The molecule has 7 heteroatoms. The number of H-pyrrole nitrogens is 1. The Bertz CT molecular complexity index is 1270. The number of phenolic OH excluding ortho intramolecular Hbond substituents is 1. The largest absolute Gasteiger partial charge is 0.502 e. The summed E-state index contributed by atoms with van der Waals surface area (Å²) in [6.45, 7) is 0. The Morgan fingerprint density at radius 3 is 2.47 bits per heavy atom. The van der Waals surface area contributed by atoms with Crippen LogP contribution in [-0.4, -0.2) is 25.2 Å². The summed E-state index contributed by atoms with van der Waals surface area (Å²) in [4.78, 5) is 16.2. The van der Waals surface area contributed by atoms with Crippen molar-refractivity contribution < 1.29 is 24.4 Å². The Labute approximate surface area is 190 Å². The lowest BCUT2D eigenvalue weighted by molar-refractivity contribution is -0.345. The lowest BCUT2D eigenvalue weighted by atomic mass is 9.95. The van der Waals surface area contributed by atoms with Crippen LogP contribution in [0.5, 0.6) is 17.2 Å². The minimum Gasteiger partial charge on any atom is -0.502 e. The molecule has 0 aliphatic heterocycles. The number of fused-ring (bicyclic) bond motifs is 1. The number of rotatable bonds is 6. The van der Waals surface area contributed by atoms with Gasteiger partial charge in [-0.15, -0.1) is 0 Å². The molecule has 4 rings (SSSR count). The molecule has 1 aromatic heterocycles. The van der Waals surface area contributed by atoms with Crippen molar-refractivity contribution in [1.82, 2.24) is 5.32 Å². The normalized spacial score (nSPS) is 11.7. The van der Waals surface area contributed by atoms with Crippen LogP contribution >= 0.6 is 11.6 Å². The van der Waals surface area contributed by atoms with E-state index >= 15 is 0 Å². The molecule has 32 heavy (non-hydrogen) atoms. The molecule has 0 fully saturated rings. The molecule has 1 amide bonds. The fraction of sp³-hybridized carbons (Fsp3) is 0.120. The molecule has 0 bridgehead atoms. The first kappa shape index (κ1) is 21.5. The smallest absolute Gasteiger partial charge is 0.254 e. The van der Waals surface area contributed by atoms with Gasteiger partial charge in [0.05, 0.1) is 30.7 Å². The highest BCUT2D eigenvalue weighted by Crippen LogP contribution is 2.39. The second-order valence-electron chi connectivity index (χ2n) is 7.13. The summed E-state index contributed by atoms with van der Waals surface area (Å²) in [6, 6.07) is 18.7. The number of amides is 1. The monoisotopic (exact) mass is 449 g/mol. The number of ether oxygens (including phenoxy) is 2. The molecule has 4 aromatic rings. The number of phenols is 1. The molecule has 0 spiro atoms. The van der Waals surface area contributed by atoms with Crippen LogP contribution in [0.25, 0.3) is 10.9 Å². The van der Waals surface area contributed by atoms with Crippen molar-refractivity contribution >= 4 is 28.4 Å². The van der Waals surface area contributed by atoms with E-state index in [0.717, 1.165) is 0 Å². The molecular weight excluding hydrogens is 428 g/mol. The summed E-state index contributed by atoms with van der Waals surface area (Å²) in [5, 5.41) is 15.3. The Kier molecular flexibility index (Phi) is 6.14. The van der Waals surface area contributed by atoms with E-state index in [0.29, 0.717) is 44.1 Å². The molecule has 0 saturated carbocycles. The van der Waals surface area contributed by atoms with Crippen LogP contribution in [0.3, 0.4) is 0 Å². The van der Waals surface area contributed by atoms with E-state index in [1.165, 1.54) is 0 Å². The van der Waals surface area contributed by atoms with Crippen molar-refractivity contribution in [2.24, 2.45) is 0 Å². The zero-order valence-corrected chi connectivity index (χ0v) is 18.3. The highest BCUT2D eigenvalue weighted by molar-refractivity contribution is 6.35. The van der Waals surface area contributed by atoms with E-state index < -0.39 is 6.04 Å². The molecule has 1 unspecified atom stereocenters. The molecule has 1 atom stereocenters. The van der Waals surface area contributed by atoms with Gasteiger partial charge in [0, 0.05) is 22.8 Å². The summed E-state index contributed by atoms with van der Waals surface area (Å²) in [5.41, 5.74) is 2.05. The number of benzene rings is 3. The highest BCUT2D eigenvalue weighted by atomic mass is 35.5. The number of aromatic hydroxyl groups is 1. The minimum atomic E-state index is -0.726. The number of halogens is 1. The zero-order valence-electron chi connectivity index (χ0n) is 17.6. The summed E-state index contributed by atoms with van der Waals surface area (Å²) < 4.78 is 10.7. The Balaban J connectivity index is 1.84. The zero-order chi connectivity index (χ0) is 22.7. The minimum absolute atomic E-state index is 0.00376. The highest BCUT2D eigenvalue weighted by Gasteiger charge is 2.27. The van der Waals surface area contributed by atoms with Gasteiger partial charge in [-0.3, -0.25) is 4.79 Å². The molecule has 3 N–H and O–H groups in total. The van der Waals surface area contributed by atoms with Gasteiger partial charge < -0.3 is 19.9 Å². The van der Waals surface area contributed by atoms with Gasteiger partial charge >= 0.3 is 0 Å². The average Bonchev–Trinajstić information content (AvgIpc) is 2.85. The topological polar surface area (TPSA) is 81.9 Å². The molecule has 3 aromatic carbocycles. The molecule has 162 valence electrons. The number of carbonyl (C=O) groups is 1. The fourth-order valence-electron chi connectivity index (χ4n) is 3.66. The maximum atomic E-state index is 13.1. The van der Waals surface area contributed by atoms with Crippen LogP contribution in [-0.2, 0) is 0 Å². The average molecular weight is 450 g/mol. The van der Waals surface area contributed by atoms with Gasteiger partial charge in [0.2, 0.25) is 0 Å². The Morgan fingerprint density at radius 1 is 1.00 bits per heavy atom. The molecule has 0 saturated heterocycles. The fourth-order valence-corrected chi connectivity index (χ4v) is 3.94. The predicted molar refractivity (Wildman–Crippen MR) is 122 cm³/mol. The Morgan fingerprint density at radius 2 is 1.75 bits per heavy atom. The van der Waals surface area contributed by atoms with Gasteiger partial charge in [0.25, 0.3) is 11.4 Å². The number of methoxy groups -OCH3 is 2. The number of aromatic amines is 1. The number of hydrogen-bond acceptors (Lipinski definition) is 4. The molecule has 0 aliphatic rings. The first-order chi connectivity index (χ1) is 15.5. The maximum absolute atomic E-state index is 13.1. The van der Waals surface area contributed by atoms with Gasteiger partial charge in [-0.05, 0) is 42.5 Å². The SMILES string of the molecule is COc1ccc(C(=O)NC(c2ccccc2OC)c2cc(Cl)c3ccc[nH+]c3c2O)cc1. The number of nitrogens with one attached hydrogen (secondary N) is 2. The number of carbonyl (C=O) groups excluding carboxylic acids is 1. The van der Waals surface area contributed by atoms with Crippen molar-refractivity contribution in [3.63, 3.8) is 0 Å². The lowest BCUT2D eigenvalue weighted by Gasteiger charge is -2.23. The van der Waals surface area contributed by atoms with Crippen LogP contribution in [0, 0.1) is 0 Å². The van der Waals surface area contributed by atoms with Crippen molar-refractivity contribution in [3.8, 4) is 17.2 Å². The summed E-state index contributed by atoms with van der Waals surface area (Å²) in [6.07, 6.45) is 1.70. The van der Waals surface area contributed by atoms with E-state index in [2.05, 4.69) is 10.3 Å². The van der Waals surface area contributed by atoms with Crippen LogP contribution in [0.4, 0.5) is 0 Å². The Hall–Kier alpha value is -3.77. The maximum Gasteiger partial charge on any atom is 0.254 e. The van der Waals surface area contributed by atoms with Gasteiger partial charge in [-0.25, -0.2) is 4.98 Å². The number of pyridine rings is 1. The number of hydrogen-bond donors (Lipinski definition) is 2. The summed E-state index contributed by atoms with van der Waals surface area (Å²) in [7, 11) is 3.12. The van der Waals surface area contributed by atoms with Crippen molar-refractivity contribution in [3.05, 3.63) is 94.6 Å². The molecule has 6 nitrogen and oxygen atoms in total. The second kappa shape index (κ2) is 9.16. The quantitative estimate of drug-likeness (QED) is 0.452. The van der Waals surface area contributed by atoms with Crippen LogP contribution in [0.15, 0.2) is 72.9 Å². The van der Waals surface area contributed by atoms with Crippen molar-refractivity contribution in [1.29, 1.82) is 0 Å². The third kappa shape index (κ3) is 4.05. The van der Waals surface area contributed by atoms with E-state index in [4.69, 9.17) is 21.1 Å². The first-order valence-electron chi connectivity index (χ1n) is 9.93. The van der Waals surface area contributed by atoms with Crippen molar-refractivity contribution in [2.45, 2.75) is 6.04 Å². The van der Waals surface area contributed by atoms with Gasteiger partial charge in [-0.1, -0.05) is 29.8 Å².